The van der Waals surface area contributed by atoms with Gasteiger partial charge in [-0.2, -0.15) is 0 Å². The molecule has 7 heteroatoms. The van der Waals surface area contributed by atoms with Gasteiger partial charge in [0.1, 0.15) is 5.78 Å². The predicted molar refractivity (Wildman–Crippen MR) is 118 cm³/mol. The van der Waals surface area contributed by atoms with Crippen molar-refractivity contribution in [1.29, 1.82) is 0 Å². The van der Waals surface area contributed by atoms with Gasteiger partial charge >= 0.3 is 5.97 Å². The van der Waals surface area contributed by atoms with Gasteiger partial charge in [0.25, 0.3) is 5.91 Å². The Morgan fingerprint density at radius 1 is 1.10 bits per heavy atom. The number of carbonyl (C=O) groups excluding carboxylic acids is 2. The maximum atomic E-state index is 13.1. The number of hydrogen-bond donors (Lipinski definition) is 2. The smallest absolute Gasteiger partial charge is 0.307 e. The van der Waals surface area contributed by atoms with Crippen molar-refractivity contribution in [2.45, 2.75) is 51.4 Å². The van der Waals surface area contributed by atoms with Gasteiger partial charge in [-0.25, -0.2) is 0 Å². The van der Waals surface area contributed by atoms with Crippen LogP contribution in [-0.2, 0) is 28.9 Å². The van der Waals surface area contributed by atoms with E-state index in [2.05, 4.69) is 5.32 Å². The first-order valence-electron chi connectivity index (χ1n) is 10.4. The molecule has 1 aromatic heterocycles. The molecule has 0 spiro atoms. The number of aliphatic carboxylic acids is 1. The van der Waals surface area contributed by atoms with Crippen LogP contribution in [0.3, 0.4) is 0 Å². The number of ketones is 1. The van der Waals surface area contributed by atoms with Gasteiger partial charge in [0.05, 0.1) is 11.5 Å². The summed E-state index contributed by atoms with van der Waals surface area (Å²) in [5, 5.41) is 13.0. The van der Waals surface area contributed by atoms with E-state index in [9.17, 15) is 19.5 Å². The lowest BCUT2D eigenvalue weighted by Crippen LogP contribution is -2.33. The van der Waals surface area contributed by atoms with E-state index in [1.165, 1.54) is 16.2 Å². The van der Waals surface area contributed by atoms with Crippen molar-refractivity contribution in [1.82, 2.24) is 0 Å². The highest BCUT2D eigenvalue weighted by Crippen LogP contribution is 2.38. The van der Waals surface area contributed by atoms with Gasteiger partial charge in [0.2, 0.25) is 0 Å². The number of amides is 1. The molecule has 2 unspecified atom stereocenters. The van der Waals surface area contributed by atoms with Crippen LogP contribution >= 0.6 is 22.9 Å². The summed E-state index contributed by atoms with van der Waals surface area (Å²) in [6.45, 7) is 0. The Morgan fingerprint density at radius 3 is 2.60 bits per heavy atom. The molecule has 0 aliphatic heterocycles. The van der Waals surface area contributed by atoms with E-state index in [0.29, 0.717) is 29.1 Å². The highest BCUT2D eigenvalue weighted by molar-refractivity contribution is 7.12. The molecular formula is C23H24ClNO4S. The number of halogens is 1. The highest BCUT2D eigenvalue weighted by Gasteiger charge is 2.36. The molecule has 5 nitrogen and oxygen atoms in total. The molecule has 0 radical (unpaired) electrons. The third-order valence-electron chi connectivity index (χ3n) is 6.14. The highest BCUT2D eigenvalue weighted by atomic mass is 35.5. The van der Waals surface area contributed by atoms with Crippen LogP contribution in [-0.4, -0.2) is 22.8 Å². The lowest BCUT2D eigenvalue weighted by molar-refractivity contribution is -0.148. The number of fused-ring (bicyclic) bond motifs is 1. The molecule has 2 aromatic rings. The summed E-state index contributed by atoms with van der Waals surface area (Å²) >= 11 is 7.57. The molecule has 2 aliphatic carbocycles. The van der Waals surface area contributed by atoms with Crippen LogP contribution in [0.5, 0.6) is 0 Å². The maximum Gasteiger partial charge on any atom is 0.307 e. The molecule has 2 N–H and O–H groups in total. The summed E-state index contributed by atoms with van der Waals surface area (Å²) in [7, 11) is 0. The zero-order valence-corrected chi connectivity index (χ0v) is 18.2. The lowest BCUT2D eigenvalue weighted by Gasteiger charge is -2.27. The van der Waals surface area contributed by atoms with E-state index in [1.807, 2.05) is 0 Å². The summed E-state index contributed by atoms with van der Waals surface area (Å²) in [4.78, 5) is 39.8. The van der Waals surface area contributed by atoms with Crippen LogP contribution in [0, 0.1) is 11.8 Å². The zero-order chi connectivity index (χ0) is 21.3. The van der Waals surface area contributed by atoms with E-state index in [-0.39, 0.29) is 18.1 Å². The van der Waals surface area contributed by atoms with Crippen molar-refractivity contribution in [3.63, 3.8) is 0 Å². The minimum atomic E-state index is -0.888. The third-order valence-corrected chi connectivity index (χ3v) is 7.66. The number of carboxylic acids is 1. The summed E-state index contributed by atoms with van der Waals surface area (Å²) in [6, 6.07) is 6.99. The molecule has 1 saturated carbocycles. The normalized spacial score (nSPS) is 20.6. The largest absolute Gasteiger partial charge is 0.481 e. The first kappa shape index (κ1) is 21.1. The topological polar surface area (TPSA) is 83.5 Å². The molecule has 4 rings (SSSR count). The number of benzene rings is 1. The molecule has 2 aliphatic rings. The van der Waals surface area contributed by atoms with Gasteiger partial charge < -0.3 is 10.4 Å². The first-order chi connectivity index (χ1) is 14.4. The zero-order valence-electron chi connectivity index (χ0n) is 16.6. The van der Waals surface area contributed by atoms with Crippen LogP contribution in [0.2, 0.25) is 5.02 Å². The molecular weight excluding hydrogens is 422 g/mol. The van der Waals surface area contributed by atoms with Crippen LogP contribution in [0.25, 0.3) is 0 Å². The van der Waals surface area contributed by atoms with Crippen molar-refractivity contribution < 1.29 is 19.5 Å². The first-order valence-corrected chi connectivity index (χ1v) is 11.6. The van der Waals surface area contributed by atoms with Gasteiger partial charge in [-0.1, -0.05) is 30.5 Å². The van der Waals surface area contributed by atoms with Crippen molar-refractivity contribution in [3.8, 4) is 0 Å². The number of rotatable bonds is 6. The Morgan fingerprint density at radius 2 is 1.87 bits per heavy atom. The fourth-order valence-electron chi connectivity index (χ4n) is 4.71. The molecule has 30 heavy (non-hydrogen) atoms. The van der Waals surface area contributed by atoms with Crippen LogP contribution in [0.4, 0.5) is 5.69 Å². The second-order valence-corrected chi connectivity index (χ2v) is 9.72. The minimum absolute atomic E-state index is 0.0566. The molecule has 0 bridgehead atoms. The van der Waals surface area contributed by atoms with E-state index < -0.39 is 17.8 Å². The molecule has 1 heterocycles. The van der Waals surface area contributed by atoms with E-state index >= 15 is 0 Å². The van der Waals surface area contributed by atoms with Gasteiger partial charge in [-0.3, -0.25) is 14.4 Å². The Labute approximate surface area is 184 Å². The molecule has 1 amide bonds. The van der Waals surface area contributed by atoms with Gasteiger partial charge in [-0.05, 0) is 55.9 Å². The average molecular weight is 446 g/mol. The molecule has 1 fully saturated rings. The summed E-state index contributed by atoms with van der Waals surface area (Å²) in [6.07, 6.45) is 5.79. The summed E-state index contributed by atoms with van der Waals surface area (Å²) in [5.41, 5.74) is 2.25. The Kier molecular flexibility index (Phi) is 6.25. The minimum Gasteiger partial charge on any atom is -0.481 e. The number of hydrogen-bond acceptors (Lipinski definition) is 4. The number of thiophene rings is 1. The second-order valence-electron chi connectivity index (χ2n) is 8.10. The number of carboxylic acid groups (broad SMARTS) is 1. The van der Waals surface area contributed by atoms with E-state index in [1.54, 1.807) is 24.3 Å². The number of carbonyl (C=O) groups is 3. The van der Waals surface area contributed by atoms with E-state index in [4.69, 9.17) is 11.6 Å². The quantitative estimate of drug-likeness (QED) is 0.644. The van der Waals surface area contributed by atoms with Gasteiger partial charge in [-0.15, -0.1) is 11.3 Å². The van der Waals surface area contributed by atoms with Crippen LogP contribution < -0.4 is 5.32 Å². The average Bonchev–Trinajstić information content (AvgIpc) is 3.28. The van der Waals surface area contributed by atoms with Crippen LogP contribution in [0.1, 0.15) is 57.8 Å². The number of nitrogens with one attached hydrogen (secondary N) is 1. The number of aryl methyl sites for hydroxylation is 1. The Balaban J connectivity index is 1.59. The molecule has 1 aromatic carbocycles. The third kappa shape index (κ3) is 4.30. The van der Waals surface area contributed by atoms with E-state index in [0.717, 1.165) is 42.5 Å². The summed E-state index contributed by atoms with van der Waals surface area (Å²) < 4.78 is 0. The van der Waals surface area contributed by atoms with Crippen molar-refractivity contribution in [2.24, 2.45) is 11.8 Å². The molecule has 158 valence electrons. The molecule has 0 saturated heterocycles. The summed E-state index contributed by atoms with van der Waals surface area (Å²) in [5.74, 6) is -2.24. The standard InChI is InChI=1S/C23H24ClNO4S/c24-13-5-3-6-14(11-13)25-22(27)21-17-9-4-10-19(17)30-20(21)12-18(26)15-7-1-2-8-16(15)23(28)29/h3,5-6,11,15-16H,1-2,4,7-10,12H2,(H,25,27)(H,28,29). The lowest BCUT2D eigenvalue weighted by atomic mass is 9.76. The fourth-order valence-corrected chi connectivity index (χ4v) is 6.30. The molecule has 2 atom stereocenters. The Bertz CT molecular complexity index is 999. The van der Waals surface area contributed by atoms with Crippen molar-refractivity contribution >= 4 is 46.3 Å². The monoisotopic (exact) mass is 445 g/mol. The number of Topliss-reactive ketones (excluding diaryl/α,β-unsaturated/α-hetero) is 1. The van der Waals surface area contributed by atoms with Gasteiger partial charge in [0.15, 0.2) is 0 Å². The maximum absolute atomic E-state index is 13.1. The SMILES string of the molecule is O=C(Nc1cccc(Cl)c1)c1c(CC(=O)C2CCCCC2C(=O)O)sc2c1CCC2. The van der Waals surface area contributed by atoms with Gasteiger partial charge in [0, 0.05) is 32.8 Å². The fraction of sp³-hybridized carbons (Fsp3) is 0.435. The van der Waals surface area contributed by atoms with Crippen molar-refractivity contribution in [3.05, 3.63) is 50.2 Å². The van der Waals surface area contributed by atoms with Crippen molar-refractivity contribution in [2.75, 3.05) is 5.32 Å². The Hall–Kier alpha value is -2.18. The van der Waals surface area contributed by atoms with Crippen LogP contribution in [0.15, 0.2) is 24.3 Å². The number of anilines is 1. The second kappa shape index (κ2) is 8.90. The predicted octanol–water partition coefficient (Wildman–Crippen LogP) is 5.15.